The second-order valence-electron chi connectivity index (χ2n) is 5.73. The fourth-order valence-electron chi connectivity index (χ4n) is 2.42. The molecule has 1 amide bonds. The van der Waals surface area contributed by atoms with Crippen LogP contribution >= 0.6 is 22.9 Å². The molecule has 0 spiro atoms. The van der Waals surface area contributed by atoms with Crippen LogP contribution in [-0.4, -0.2) is 24.0 Å². The third-order valence-corrected chi connectivity index (χ3v) is 4.76. The van der Waals surface area contributed by atoms with Gasteiger partial charge in [0, 0.05) is 16.8 Å². The Labute approximate surface area is 161 Å². The minimum Gasteiger partial charge on any atom is -0.492 e. The average Bonchev–Trinajstić information content (AvgIpc) is 3.06. The van der Waals surface area contributed by atoms with E-state index in [2.05, 4.69) is 22.4 Å². The van der Waals surface area contributed by atoms with Crippen molar-refractivity contribution in [3.05, 3.63) is 81.3 Å². The summed E-state index contributed by atoms with van der Waals surface area (Å²) in [7, 11) is 0. The highest BCUT2D eigenvalue weighted by atomic mass is 35.5. The summed E-state index contributed by atoms with van der Waals surface area (Å²) in [6.07, 6.45) is 1.07. The number of nitrogens with zero attached hydrogens (tertiary/aromatic N) is 1. The fourth-order valence-corrected chi connectivity index (χ4v) is 3.43. The monoisotopic (exact) mass is 386 g/mol. The van der Waals surface area contributed by atoms with Gasteiger partial charge in [0.2, 0.25) is 5.91 Å². The molecule has 0 aliphatic rings. The van der Waals surface area contributed by atoms with E-state index in [1.54, 1.807) is 23.5 Å². The molecule has 0 radical (unpaired) electrons. The van der Waals surface area contributed by atoms with E-state index in [-0.39, 0.29) is 12.3 Å². The summed E-state index contributed by atoms with van der Waals surface area (Å²) < 4.78 is 5.55. The molecule has 0 aliphatic carbocycles. The van der Waals surface area contributed by atoms with Crippen LogP contribution in [0, 0.1) is 0 Å². The zero-order chi connectivity index (χ0) is 18.2. The summed E-state index contributed by atoms with van der Waals surface area (Å²) in [5.74, 6) is 0.632. The third kappa shape index (κ3) is 5.86. The van der Waals surface area contributed by atoms with Crippen molar-refractivity contribution in [1.82, 2.24) is 10.3 Å². The summed E-state index contributed by atoms with van der Waals surface area (Å²) in [5.41, 5.74) is 2.02. The van der Waals surface area contributed by atoms with Gasteiger partial charge >= 0.3 is 0 Å². The molecule has 0 bridgehead atoms. The Morgan fingerprint density at radius 1 is 1.15 bits per heavy atom. The van der Waals surface area contributed by atoms with Crippen LogP contribution in [0.2, 0.25) is 5.02 Å². The van der Waals surface area contributed by atoms with Gasteiger partial charge in [-0.05, 0) is 23.8 Å². The Kier molecular flexibility index (Phi) is 6.63. The van der Waals surface area contributed by atoms with Crippen molar-refractivity contribution < 1.29 is 9.53 Å². The van der Waals surface area contributed by atoms with Gasteiger partial charge in [0.05, 0.1) is 23.7 Å². The van der Waals surface area contributed by atoms with E-state index in [9.17, 15) is 4.79 Å². The van der Waals surface area contributed by atoms with Crippen LogP contribution in [-0.2, 0) is 17.6 Å². The van der Waals surface area contributed by atoms with E-state index >= 15 is 0 Å². The number of amides is 1. The normalized spacial score (nSPS) is 10.5. The number of benzene rings is 2. The van der Waals surface area contributed by atoms with E-state index in [1.807, 2.05) is 35.7 Å². The first kappa shape index (κ1) is 18.4. The van der Waals surface area contributed by atoms with Gasteiger partial charge in [0.1, 0.15) is 12.4 Å². The van der Waals surface area contributed by atoms with Crippen LogP contribution in [0.1, 0.15) is 16.3 Å². The van der Waals surface area contributed by atoms with Crippen molar-refractivity contribution in [2.75, 3.05) is 13.2 Å². The molecule has 0 saturated heterocycles. The van der Waals surface area contributed by atoms with Crippen LogP contribution in [0.25, 0.3) is 0 Å². The Balaban J connectivity index is 1.39. The van der Waals surface area contributed by atoms with E-state index in [0.29, 0.717) is 23.9 Å². The predicted molar refractivity (Wildman–Crippen MR) is 105 cm³/mol. The summed E-state index contributed by atoms with van der Waals surface area (Å²) >= 11 is 7.48. The molecule has 26 heavy (non-hydrogen) atoms. The van der Waals surface area contributed by atoms with E-state index in [0.717, 1.165) is 17.1 Å². The number of hydrogen-bond donors (Lipinski definition) is 1. The molecule has 0 fully saturated rings. The third-order valence-electron chi connectivity index (χ3n) is 3.63. The van der Waals surface area contributed by atoms with Crippen molar-refractivity contribution in [2.45, 2.75) is 12.8 Å². The molecule has 0 atom stereocenters. The molecular weight excluding hydrogens is 368 g/mol. The number of hydrogen-bond acceptors (Lipinski definition) is 4. The lowest BCUT2D eigenvalue weighted by Crippen LogP contribution is -2.29. The first-order valence-electron chi connectivity index (χ1n) is 8.31. The average molecular weight is 387 g/mol. The van der Waals surface area contributed by atoms with Crippen LogP contribution in [0.5, 0.6) is 5.75 Å². The van der Waals surface area contributed by atoms with Gasteiger partial charge in [-0.2, -0.15) is 0 Å². The Morgan fingerprint density at radius 2 is 2.00 bits per heavy atom. The van der Waals surface area contributed by atoms with Gasteiger partial charge in [-0.15, -0.1) is 11.3 Å². The highest BCUT2D eigenvalue weighted by Crippen LogP contribution is 2.17. The van der Waals surface area contributed by atoms with Crippen molar-refractivity contribution in [3.63, 3.8) is 0 Å². The lowest BCUT2D eigenvalue weighted by molar-refractivity contribution is -0.120. The maximum Gasteiger partial charge on any atom is 0.226 e. The smallest absolute Gasteiger partial charge is 0.226 e. The Bertz CT molecular complexity index is 852. The first-order chi connectivity index (χ1) is 12.7. The Hall–Kier alpha value is -2.37. The maximum atomic E-state index is 12.0. The maximum absolute atomic E-state index is 12.0. The van der Waals surface area contributed by atoms with E-state index in [1.165, 1.54) is 5.56 Å². The minimum atomic E-state index is -0.0590. The number of thiazole rings is 1. The topological polar surface area (TPSA) is 51.2 Å². The first-order valence-corrected chi connectivity index (χ1v) is 9.57. The van der Waals surface area contributed by atoms with Gasteiger partial charge in [-0.25, -0.2) is 4.98 Å². The molecule has 4 nitrogen and oxygen atoms in total. The van der Waals surface area contributed by atoms with Gasteiger partial charge in [-0.1, -0.05) is 48.0 Å². The SMILES string of the molecule is O=C(Cc1csc(Cc2ccccc2)n1)NCCOc1cccc(Cl)c1. The number of rotatable bonds is 8. The summed E-state index contributed by atoms with van der Waals surface area (Å²) in [6, 6.07) is 17.4. The number of nitrogens with one attached hydrogen (secondary N) is 1. The largest absolute Gasteiger partial charge is 0.492 e. The van der Waals surface area contributed by atoms with Gasteiger partial charge < -0.3 is 10.1 Å². The predicted octanol–water partition coefficient (Wildman–Crippen LogP) is 4.13. The minimum absolute atomic E-state index is 0.0590. The van der Waals surface area contributed by atoms with Gasteiger partial charge in [0.15, 0.2) is 0 Å². The number of carbonyl (C=O) groups excluding carboxylic acids is 1. The van der Waals surface area contributed by atoms with Crippen molar-refractivity contribution in [2.24, 2.45) is 0 Å². The highest BCUT2D eigenvalue weighted by molar-refractivity contribution is 7.09. The summed E-state index contributed by atoms with van der Waals surface area (Å²) in [5, 5.41) is 6.43. The van der Waals surface area contributed by atoms with Crippen molar-refractivity contribution in [3.8, 4) is 5.75 Å². The molecule has 3 aromatic rings. The Morgan fingerprint density at radius 3 is 2.81 bits per heavy atom. The molecule has 0 aliphatic heterocycles. The molecule has 2 aromatic carbocycles. The number of carbonyl (C=O) groups is 1. The summed E-state index contributed by atoms with van der Waals surface area (Å²) in [6.45, 7) is 0.828. The molecule has 1 aromatic heterocycles. The van der Waals surface area contributed by atoms with Crippen molar-refractivity contribution >= 4 is 28.8 Å². The lowest BCUT2D eigenvalue weighted by Gasteiger charge is -2.07. The number of ether oxygens (including phenoxy) is 1. The van der Waals surface area contributed by atoms with Crippen LogP contribution in [0.3, 0.4) is 0 Å². The molecule has 1 N–H and O–H groups in total. The van der Waals surface area contributed by atoms with Gasteiger partial charge in [0.25, 0.3) is 0 Å². The summed E-state index contributed by atoms with van der Waals surface area (Å²) in [4.78, 5) is 16.6. The second-order valence-corrected chi connectivity index (χ2v) is 7.11. The fraction of sp³-hybridized carbons (Fsp3) is 0.200. The molecule has 6 heteroatoms. The molecule has 134 valence electrons. The number of aromatic nitrogens is 1. The lowest BCUT2D eigenvalue weighted by atomic mass is 10.2. The van der Waals surface area contributed by atoms with E-state index < -0.39 is 0 Å². The zero-order valence-corrected chi connectivity index (χ0v) is 15.7. The van der Waals surface area contributed by atoms with Crippen LogP contribution in [0.15, 0.2) is 60.0 Å². The van der Waals surface area contributed by atoms with Crippen molar-refractivity contribution in [1.29, 1.82) is 0 Å². The number of halogens is 1. The van der Waals surface area contributed by atoms with Gasteiger partial charge in [-0.3, -0.25) is 4.79 Å². The molecule has 3 rings (SSSR count). The molecular formula is C20H19ClN2O2S. The quantitative estimate of drug-likeness (QED) is 0.592. The molecule has 0 unspecified atom stereocenters. The highest BCUT2D eigenvalue weighted by Gasteiger charge is 2.08. The standard InChI is InChI=1S/C20H19ClN2O2S/c21-16-7-4-8-18(12-16)25-10-9-22-19(24)13-17-14-26-20(23-17)11-15-5-2-1-3-6-15/h1-8,12,14H,9-11,13H2,(H,22,24). The molecule has 1 heterocycles. The second kappa shape index (κ2) is 9.36. The van der Waals surface area contributed by atoms with Crippen LogP contribution < -0.4 is 10.1 Å². The van der Waals surface area contributed by atoms with E-state index in [4.69, 9.17) is 16.3 Å². The molecule has 0 saturated carbocycles. The zero-order valence-electron chi connectivity index (χ0n) is 14.2. The van der Waals surface area contributed by atoms with Crippen LogP contribution in [0.4, 0.5) is 0 Å².